The molecule has 2 aliphatic rings. The van der Waals surface area contributed by atoms with Crippen molar-refractivity contribution >= 4 is 17.4 Å². The van der Waals surface area contributed by atoms with Gasteiger partial charge in [0.2, 0.25) is 0 Å². The van der Waals surface area contributed by atoms with Gasteiger partial charge in [0.1, 0.15) is 5.56 Å². The number of carbonyl (C=O) groups is 1. The second-order valence-electron chi connectivity index (χ2n) is 8.50. The minimum atomic E-state index is -0.506. The van der Waals surface area contributed by atoms with Crippen LogP contribution in [0.5, 0.6) is 0 Å². The van der Waals surface area contributed by atoms with E-state index in [1.54, 1.807) is 6.20 Å². The predicted molar refractivity (Wildman–Crippen MR) is 107 cm³/mol. The van der Waals surface area contributed by atoms with Crippen molar-refractivity contribution in [2.45, 2.75) is 50.7 Å². The maximum Gasteiger partial charge on any atom is 0.254 e. The number of nitrogens with two attached hydrogens (primary N) is 1. The summed E-state index contributed by atoms with van der Waals surface area (Å²) in [5.74, 6) is 0.242. The van der Waals surface area contributed by atoms with Crippen LogP contribution in [0.2, 0.25) is 0 Å². The first-order valence-electron chi connectivity index (χ1n) is 9.88. The van der Waals surface area contributed by atoms with Crippen molar-refractivity contribution in [2.75, 3.05) is 18.5 Å². The van der Waals surface area contributed by atoms with E-state index in [0.717, 1.165) is 38.2 Å². The Kier molecular flexibility index (Phi) is 4.89. The number of nitrogens with zero attached hydrogens (tertiary/aromatic N) is 2. The van der Waals surface area contributed by atoms with Gasteiger partial charge in [-0.05, 0) is 42.9 Å². The van der Waals surface area contributed by atoms with Gasteiger partial charge < -0.3 is 20.9 Å². The molecule has 4 rings (SSSR count). The van der Waals surface area contributed by atoms with E-state index in [0.29, 0.717) is 11.4 Å². The van der Waals surface area contributed by atoms with E-state index in [4.69, 9.17) is 10.5 Å². The van der Waals surface area contributed by atoms with Crippen LogP contribution in [0.1, 0.15) is 55.1 Å². The topological polar surface area (TPSA) is 102 Å². The van der Waals surface area contributed by atoms with E-state index in [1.807, 2.05) is 16.8 Å². The number of ether oxygens (including phenoxy) is 1. The van der Waals surface area contributed by atoms with Crippen LogP contribution >= 0.6 is 0 Å². The highest BCUT2D eigenvalue weighted by Crippen LogP contribution is 2.35. The summed E-state index contributed by atoms with van der Waals surface area (Å²) in [6, 6.07) is 8.29. The van der Waals surface area contributed by atoms with E-state index in [2.05, 4.69) is 36.4 Å². The predicted octanol–water partition coefficient (Wildman–Crippen LogP) is 2.74. The number of carbonyl (C=O) groups excluding carboxylic acids is 1. The highest BCUT2D eigenvalue weighted by atomic mass is 16.5. The van der Waals surface area contributed by atoms with Crippen molar-refractivity contribution in [3.63, 3.8) is 0 Å². The van der Waals surface area contributed by atoms with Crippen LogP contribution in [0.15, 0.2) is 30.5 Å². The van der Waals surface area contributed by atoms with Crippen molar-refractivity contribution in [2.24, 2.45) is 11.7 Å². The van der Waals surface area contributed by atoms with E-state index in [-0.39, 0.29) is 23.5 Å². The zero-order chi connectivity index (χ0) is 19.9. The molecule has 4 N–H and O–H groups in total. The maximum atomic E-state index is 11.9. The molecule has 1 aliphatic heterocycles. The van der Waals surface area contributed by atoms with Gasteiger partial charge in [-0.15, -0.1) is 0 Å². The first kappa shape index (κ1) is 19.0. The Balaban J connectivity index is 1.55. The molecular formula is C21H28N4O3. The Morgan fingerprint density at radius 2 is 2.04 bits per heavy atom. The Bertz CT molecular complexity index is 857. The molecule has 1 aliphatic carbocycles. The SMILES string of the molecule is CC1CC(O)CCC1n1cc(C(N)=O)c(Nc2ccc(C3(C)COC3)cc2)n1. The van der Waals surface area contributed by atoms with Gasteiger partial charge in [-0.25, -0.2) is 0 Å². The number of aromatic nitrogens is 2. The molecule has 0 bridgehead atoms. The van der Waals surface area contributed by atoms with E-state index in [9.17, 15) is 9.90 Å². The lowest BCUT2D eigenvalue weighted by Gasteiger charge is -2.38. The Morgan fingerprint density at radius 1 is 1.32 bits per heavy atom. The Labute approximate surface area is 164 Å². The molecule has 1 saturated carbocycles. The smallest absolute Gasteiger partial charge is 0.254 e. The molecule has 1 aromatic carbocycles. The fourth-order valence-electron chi connectivity index (χ4n) is 4.25. The summed E-state index contributed by atoms with van der Waals surface area (Å²) in [5, 5.41) is 17.7. The van der Waals surface area contributed by atoms with Gasteiger partial charge in [0, 0.05) is 17.3 Å². The average molecular weight is 384 g/mol. The second kappa shape index (κ2) is 7.22. The van der Waals surface area contributed by atoms with Crippen LogP contribution in [0.25, 0.3) is 0 Å². The first-order valence-corrected chi connectivity index (χ1v) is 9.88. The molecule has 2 heterocycles. The number of aliphatic hydroxyl groups excluding tert-OH is 1. The van der Waals surface area contributed by atoms with Gasteiger partial charge in [-0.1, -0.05) is 26.0 Å². The van der Waals surface area contributed by atoms with Gasteiger partial charge in [-0.3, -0.25) is 9.48 Å². The first-order chi connectivity index (χ1) is 13.4. The fraction of sp³-hybridized carbons (Fsp3) is 0.524. The summed E-state index contributed by atoms with van der Waals surface area (Å²) in [6.07, 6.45) is 3.79. The molecule has 3 unspecified atom stereocenters. The largest absolute Gasteiger partial charge is 0.393 e. The molecule has 2 fully saturated rings. The molecular weight excluding hydrogens is 356 g/mol. The van der Waals surface area contributed by atoms with Crippen molar-refractivity contribution in [3.05, 3.63) is 41.6 Å². The Hall–Kier alpha value is -2.38. The Morgan fingerprint density at radius 3 is 2.61 bits per heavy atom. The molecule has 0 spiro atoms. The monoisotopic (exact) mass is 384 g/mol. The van der Waals surface area contributed by atoms with Gasteiger partial charge >= 0.3 is 0 Å². The number of primary amides is 1. The van der Waals surface area contributed by atoms with Gasteiger partial charge in [0.25, 0.3) is 5.91 Å². The summed E-state index contributed by atoms with van der Waals surface area (Å²) >= 11 is 0. The van der Waals surface area contributed by atoms with Gasteiger partial charge in [0.15, 0.2) is 5.82 Å². The molecule has 1 aromatic heterocycles. The minimum absolute atomic E-state index is 0.0835. The summed E-state index contributed by atoms with van der Waals surface area (Å²) in [5.41, 5.74) is 8.14. The summed E-state index contributed by atoms with van der Waals surface area (Å²) in [6.45, 7) is 5.78. The summed E-state index contributed by atoms with van der Waals surface area (Å²) in [4.78, 5) is 11.9. The number of anilines is 2. The van der Waals surface area contributed by atoms with Crippen LogP contribution in [0.3, 0.4) is 0 Å². The maximum absolute atomic E-state index is 11.9. The van der Waals surface area contributed by atoms with E-state index < -0.39 is 5.91 Å². The third-order valence-corrected chi connectivity index (χ3v) is 6.12. The lowest BCUT2D eigenvalue weighted by Crippen LogP contribution is -2.43. The second-order valence-corrected chi connectivity index (χ2v) is 8.50. The van der Waals surface area contributed by atoms with Crippen LogP contribution in [0.4, 0.5) is 11.5 Å². The lowest BCUT2D eigenvalue weighted by molar-refractivity contribution is -0.0499. The number of benzene rings is 1. The summed E-state index contributed by atoms with van der Waals surface area (Å²) < 4.78 is 7.17. The van der Waals surface area contributed by atoms with Crippen molar-refractivity contribution in [1.29, 1.82) is 0 Å². The van der Waals surface area contributed by atoms with Gasteiger partial charge in [-0.2, -0.15) is 5.10 Å². The summed E-state index contributed by atoms with van der Waals surface area (Å²) in [7, 11) is 0. The standard InChI is InChI=1S/C21H28N4O3/c1-13-9-16(26)7-8-18(13)25-10-17(19(22)27)20(24-25)23-15-5-3-14(4-6-15)21(2)11-28-12-21/h3-6,10,13,16,18,26H,7-9,11-12H2,1-2H3,(H2,22,27)(H,23,24). The average Bonchev–Trinajstić information content (AvgIpc) is 3.04. The van der Waals surface area contributed by atoms with Crippen molar-refractivity contribution in [1.82, 2.24) is 9.78 Å². The number of hydrogen-bond acceptors (Lipinski definition) is 5. The van der Waals surface area contributed by atoms with E-state index >= 15 is 0 Å². The van der Waals surface area contributed by atoms with Gasteiger partial charge in [0.05, 0.1) is 25.4 Å². The third-order valence-electron chi connectivity index (χ3n) is 6.12. The molecule has 7 heteroatoms. The lowest BCUT2D eigenvalue weighted by atomic mass is 9.81. The zero-order valence-corrected chi connectivity index (χ0v) is 16.4. The molecule has 1 amide bonds. The molecule has 28 heavy (non-hydrogen) atoms. The number of nitrogens with one attached hydrogen (secondary N) is 1. The zero-order valence-electron chi connectivity index (χ0n) is 16.4. The molecule has 150 valence electrons. The molecule has 1 saturated heterocycles. The highest BCUT2D eigenvalue weighted by Gasteiger charge is 2.35. The van der Waals surface area contributed by atoms with E-state index in [1.165, 1.54) is 5.56 Å². The quantitative estimate of drug-likeness (QED) is 0.736. The number of rotatable bonds is 5. The molecule has 3 atom stereocenters. The van der Waals surface area contributed by atoms with Crippen LogP contribution in [-0.4, -0.2) is 40.1 Å². The van der Waals surface area contributed by atoms with Crippen LogP contribution < -0.4 is 11.1 Å². The fourth-order valence-corrected chi connectivity index (χ4v) is 4.25. The molecule has 2 aromatic rings. The number of hydrogen-bond donors (Lipinski definition) is 3. The third kappa shape index (κ3) is 3.52. The molecule has 0 radical (unpaired) electrons. The number of aliphatic hydroxyl groups is 1. The van der Waals surface area contributed by atoms with Crippen molar-refractivity contribution in [3.8, 4) is 0 Å². The minimum Gasteiger partial charge on any atom is -0.393 e. The normalized spacial score (nSPS) is 26.5. The van der Waals surface area contributed by atoms with Crippen LogP contribution in [0, 0.1) is 5.92 Å². The van der Waals surface area contributed by atoms with Crippen LogP contribution in [-0.2, 0) is 10.2 Å². The van der Waals surface area contributed by atoms with Crippen molar-refractivity contribution < 1.29 is 14.6 Å². The number of amides is 1. The molecule has 7 nitrogen and oxygen atoms in total. The highest BCUT2D eigenvalue weighted by molar-refractivity contribution is 5.98.